The number of aromatic nitrogens is 2. The molecule has 40 heavy (non-hydrogen) atoms. The van der Waals surface area contributed by atoms with Crippen molar-refractivity contribution in [3.8, 4) is 21.7 Å². The van der Waals surface area contributed by atoms with Crippen LogP contribution in [0.2, 0.25) is 0 Å². The van der Waals surface area contributed by atoms with E-state index < -0.39 is 49.4 Å². The molecule has 4 aromatic rings. The second kappa shape index (κ2) is 11.3. The Hall–Kier alpha value is -3.84. The molecular formula is C27H22F4N4O3S2. The van der Waals surface area contributed by atoms with Gasteiger partial charge in [0, 0.05) is 18.3 Å². The van der Waals surface area contributed by atoms with Gasteiger partial charge in [0.1, 0.15) is 22.3 Å². The first-order valence-electron chi connectivity index (χ1n) is 12.3. The number of carbonyl (C=O) groups is 1. The van der Waals surface area contributed by atoms with Crippen LogP contribution in [0.3, 0.4) is 0 Å². The molecule has 0 spiro atoms. The first-order valence-corrected chi connectivity index (χ1v) is 14.6. The predicted molar refractivity (Wildman–Crippen MR) is 143 cm³/mol. The molecule has 208 valence electrons. The third-order valence-corrected chi connectivity index (χ3v) is 8.93. The maximum absolute atomic E-state index is 15.8. The number of halogens is 4. The first-order chi connectivity index (χ1) is 19.1. The molecular weight excluding hydrogens is 568 g/mol. The fourth-order valence-corrected chi connectivity index (χ4v) is 6.68. The minimum atomic E-state index is -4.80. The van der Waals surface area contributed by atoms with Crippen molar-refractivity contribution in [1.29, 1.82) is 0 Å². The molecule has 1 aliphatic carbocycles. The molecule has 0 bridgehead atoms. The minimum absolute atomic E-state index is 0.115. The van der Waals surface area contributed by atoms with E-state index in [0.29, 0.717) is 22.6 Å². The summed E-state index contributed by atoms with van der Waals surface area (Å²) >= 11 is 1.00. The van der Waals surface area contributed by atoms with Gasteiger partial charge in [0.05, 0.1) is 21.8 Å². The number of hydrogen-bond donors (Lipinski definition) is 2. The van der Waals surface area contributed by atoms with Crippen molar-refractivity contribution in [2.24, 2.45) is 5.92 Å². The summed E-state index contributed by atoms with van der Waals surface area (Å²) in [4.78, 5) is 20.4. The number of thiazole rings is 1. The number of anilines is 2. The summed E-state index contributed by atoms with van der Waals surface area (Å²) < 4.78 is 86.2. The third-order valence-electron chi connectivity index (χ3n) is 6.53. The SMILES string of the molecule is O=C(Nc1nc(-c2c(F)ccc(NS(=O)(=O)c3cc(F)ccc3F)c2F)c(-c2ccncc2)s1)C1CCCCC1. The third kappa shape index (κ3) is 5.70. The van der Waals surface area contributed by atoms with Gasteiger partial charge in [-0.2, -0.15) is 0 Å². The number of hydrogen-bond acceptors (Lipinski definition) is 6. The number of rotatable bonds is 7. The van der Waals surface area contributed by atoms with Crippen LogP contribution < -0.4 is 10.0 Å². The zero-order chi connectivity index (χ0) is 28.4. The summed E-state index contributed by atoms with van der Waals surface area (Å²) in [5, 5.41) is 2.87. The Bertz CT molecular complexity index is 1670. The molecule has 5 rings (SSSR count). The number of nitrogens with zero attached hydrogens (tertiary/aromatic N) is 2. The Kier molecular flexibility index (Phi) is 7.86. The summed E-state index contributed by atoms with van der Waals surface area (Å²) in [5.41, 5.74) is -1.04. The van der Waals surface area contributed by atoms with Crippen LogP contribution >= 0.6 is 11.3 Å². The van der Waals surface area contributed by atoms with Crippen molar-refractivity contribution < 1.29 is 30.8 Å². The Morgan fingerprint density at radius 2 is 1.62 bits per heavy atom. The summed E-state index contributed by atoms with van der Waals surface area (Å²) in [6.45, 7) is 0. The lowest BCUT2D eigenvalue weighted by atomic mass is 9.89. The largest absolute Gasteiger partial charge is 0.302 e. The molecule has 2 heterocycles. The van der Waals surface area contributed by atoms with Crippen molar-refractivity contribution in [2.45, 2.75) is 37.0 Å². The molecule has 1 aliphatic rings. The fraction of sp³-hybridized carbons (Fsp3) is 0.222. The molecule has 0 radical (unpaired) electrons. The molecule has 13 heteroatoms. The predicted octanol–water partition coefficient (Wildman–Crippen LogP) is 6.75. The second-order valence-electron chi connectivity index (χ2n) is 9.22. The van der Waals surface area contributed by atoms with Crippen molar-refractivity contribution >= 4 is 38.1 Å². The Morgan fingerprint density at radius 3 is 2.35 bits per heavy atom. The van der Waals surface area contributed by atoms with Gasteiger partial charge < -0.3 is 5.32 Å². The highest BCUT2D eigenvalue weighted by molar-refractivity contribution is 7.92. The van der Waals surface area contributed by atoms with E-state index in [0.717, 1.165) is 61.6 Å². The Labute approximate surface area is 231 Å². The van der Waals surface area contributed by atoms with Gasteiger partial charge in [-0.1, -0.05) is 30.6 Å². The number of sulfonamides is 1. The van der Waals surface area contributed by atoms with E-state index in [9.17, 15) is 22.0 Å². The van der Waals surface area contributed by atoms with Crippen LogP contribution in [0.5, 0.6) is 0 Å². The van der Waals surface area contributed by atoms with Gasteiger partial charge in [-0.25, -0.2) is 31.0 Å². The average molecular weight is 591 g/mol. The Morgan fingerprint density at radius 1 is 0.925 bits per heavy atom. The number of benzene rings is 2. The monoisotopic (exact) mass is 590 g/mol. The average Bonchev–Trinajstić information content (AvgIpc) is 3.35. The van der Waals surface area contributed by atoms with Gasteiger partial charge in [0.15, 0.2) is 10.9 Å². The van der Waals surface area contributed by atoms with Crippen LogP contribution in [-0.2, 0) is 14.8 Å². The smallest absolute Gasteiger partial charge is 0.265 e. The fourth-order valence-electron chi connectivity index (χ4n) is 4.55. The lowest BCUT2D eigenvalue weighted by Gasteiger charge is -2.19. The normalized spacial score (nSPS) is 14.2. The van der Waals surface area contributed by atoms with Crippen molar-refractivity contribution in [1.82, 2.24) is 9.97 Å². The number of carbonyl (C=O) groups excluding carboxylic acids is 1. The van der Waals surface area contributed by atoms with Crippen LogP contribution in [-0.4, -0.2) is 24.3 Å². The van der Waals surface area contributed by atoms with Crippen molar-refractivity contribution in [2.75, 3.05) is 10.0 Å². The van der Waals surface area contributed by atoms with Gasteiger partial charge in [-0.15, -0.1) is 0 Å². The number of pyridine rings is 1. The van der Waals surface area contributed by atoms with E-state index in [1.54, 1.807) is 12.1 Å². The van der Waals surface area contributed by atoms with Gasteiger partial charge in [-0.3, -0.25) is 14.5 Å². The highest BCUT2D eigenvalue weighted by Gasteiger charge is 2.28. The lowest BCUT2D eigenvalue weighted by Crippen LogP contribution is -2.24. The van der Waals surface area contributed by atoms with Crippen LogP contribution in [0, 0.1) is 29.2 Å². The van der Waals surface area contributed by atoms with Gasteiger partial charge >= 0.3 is 0 Å². The molecule has 1 saturated carbocycles. The van der Waals surface area contributed by atoms with Crippen LogP contribution in [0.25, 0.3) is 21.7 Å². The molecule has 0 unspecified atom stereocenters. The maximum Gasteiger partial charge on any atom is 0.265 e. The molecule has 2 N–H and O–H groups in total. The van der Waals surface area contributed by atoms with E-state index >= 15 is 8.78 Å². The highest BCUT2D eigenvalue weighted by atomic mass is 32.2. The first kappa shape index (κ1) is 27.7. The lowest BCUT2D eigenvalue weighted by molar-refractivity contribution is -0.120. The summed E-state index contributed by atoms with van der Waals surface area (Å²) in [6.07, 6.45) is 7.34. The maximum atomic E-state index is 15.8. The quantitative estimate of drug-likeness (QED) is 0.232. The minimum Gasteiger partial charge on any atom is -0.302 e. The molecule has 0 saturated heterocycles. The van der Waals surface area contributed by atoms with Gasteiger partial charge in [0.25, 0.3) is 10.0 Å². The summed E-state index contributed by atoms with van der Waals surface area (Å²) in [7, 11) is -4.80. The molecule has 7 nitrogen and oxygen atoms in total. The van der Waals surface area contributed by atoms with E-state index in [1.165, 1.54) is 12.4 Å². The van der Waals surface area contributed by atoms with E-state index in [4.69, 9.17) is 0 Å². The van der Waals surface area contributed by atoms with Crippen LogP contribution in [0.15, 0.2) is 59.8 Å². The zero-order valence-corrected chi connectivity index (χ0v) is 22.4. The number of nitrogens with one attached hydrogen (secondary N) is 2. The topological polar surface area (TPSA) is 101 Å². The van der Waals surface area contributed by atoms with Crippen LogP contribution in [0.1, 0.15) is 32.1 Å². The number of amides is 1. The molecule has 1 fully saturated rings. The summed E-state index contributed by atoms with van der Waals surface area (Å²) in [6, 6.07) is 6.65. The molecule has 2 aromatic heterocycles. The van der Waals surface area contributed by atoms with E-state index in [1.807, 2.05) is 4.72 Å². The van der Waals surface area contributed by atoms with Crippen LogP contribution in [0.4, 0.5) is 28.4 Å². The summed E-state index contributed by atoms with van der Waals surface area (Å²) in [5.74, 6) is -5.08. The van der Waals surface area contributed by atoms with Gasteiger partial charge in [0.2, 0.25) is 5.91 Å². The standard InChI is InChI=1S/C27H22F4N4O3S2/c28-17-6-7-18(29)21(14-17)40(37,38)35-20-9-8-19(30)22(23(20)31)24-25(15-10-12-32-13-11-15)39-27(33-24)34-26(36)16-4-2-1-3-5-16/h6-14,16,35H,1-5H2,(H,33,34,36). The second-order valence-corrected chi connectivity index (χ2v) is 11.9. The van der Waals surface area contributed by atoms with Crippen molar-refractivity contribution in [3.63, 3.8) is 0 Å². The van der Waals surface area contributed by atoms with E-state index in [-0.39, 0.29) is 22.7 Å². The zero-order valence-electron chi connectivity index (χ0n) is 20.8. The molecule has 0 aliphatic heterocycles. The van der Waals surface area contributed by atoms with Crippen molar-refractivity contribution in [3.05, 3.63) is 78.1 Å². The van der Waals surface area contributed by atoms with Gasteiger partial charge in [-0.05, 0) is 60.9 Å². The molecule has 1 amide bonds. The Balaban J connectivity index is 1.56. The highest BCUT2D eigenvalue weighted by Crippen LogP contribution is 2.42. The molecule has 0 atom stereocenters. The molecule has 2 aromatic carbocycles. The van der Waals surface area contributed by atoms with E-state index in [2.05, 4.69) is 15.3 Å².